The van der Waals surface area contributed by atoms with Crippen molar-refractivity contribution in [3.05, 3.63) is 76.7 Å². The Balaban J connectivity index is 1.57. The van der Waals surface area contributed by atoms with Gasteiger partial charge in [0, 0.05) is 30.4 Å². The van der Waals surface area contributed by atoms with Gasteiger partial charge in [-0.3, -0.25) is 4.79 Å². The lowest BCUT2D eigenvalue weighted by atomic mass is 10.0. The third-order valence-electron chi connectivity index (χ3n) is 4.44. The molecule has 0 N–H and O–H groups in total. The van der Waals surface area contributed by atoms with E-state index in [2.05, 4.69) is 9.97 Å². The van der Waals surface area contributed by atoms with Crippen LogP contribution in [0.15, 0.2) is 54.7 Å². The number of rotatable bonds is 4. The molecule has 5 nitrogen and oxygen atoms in total. The van der Waals surface area contributed by atoms with Gasteiger partial charge in [-0.2, -0.15) is 0 Å². The molecule has 26 heavy (non-hydrogen) atoms. The Labute approximate surface area is 156 Å². The normalized spacial score (nSPS) is 13.0. The summed E-state index contributed by atoms with van der Waals surface area (Å²) in [7, 11) is 1.64. The summed E-state index contributed by atoms with van der Waals surface area (Å²) in [6.45, 7) is 1.16. The summed E-state index contributed by atoms with van der Waals surface area (Å²) in [6, 6.07) is 15.4. The van der Waals surface area contributed by atoms with Crippen LogP contribution in [0.4, 0.5) is 0 Å². The number of methoxy groups -OCH3 is 1. The molecule has 1 aliphatic heterocycles. The third kappa shape index (κ3) is 3.13. The van der Waals surface area contributed by atoms with Gasteiger partial charge >= 0.3 is 0 Å². The first-order chi connectivity index (χ1) is 12.6. The Morgan fingerprint density at radius 2 is 1.96 bits per heavy atom. The van der Waals surface area contributed by atoms with Crippen molar-refractivity contribution in [3.8, 4) is 17.0 Å². The van der Waals surface area contributed by atoms with Crippen LogP contribution >= 0.6 is 11.6 Å². The van der Waals surface area contributed by atoms with Crippen molar-refractivity contribution in [2.45, 2.75) is 13.1 Å². The molecule has 2 aromatic carbocycles. The van der Waals surface area contributed by atoms with Crippen molar-refractivity contribution < 1.29 is 9.53 Å². The fraction of sp³-hybridized carbons (Fsp3) is 0.150. The van der Waals surface area contributed by atoms with Gasteiger partial charge < -0.3 is 9.64 Å². The monoisotopic (exact) mass is 365 g/mol. The van der Waals surface area contributed by atoms with E-state index in [1.807, 2.05) is 47.4 Å². The van der Waals surface area contributed by atoms with Gasteiger partial charge in [-0.15, -0.1) is 0 Å². The second-order valence-corrected chi connectivity index (χ2v) is 6.43. The second-order valence-electron chi connectivity index (χ2n) is 6.09. The molecular weight excluding hydrogens is 350 g/mol. The van der Waals surface area contributed by atoms with Crippen molar-refractivity contribution >= 4 is 17.5 Å². The van der Waals surface area contributed by atoms with Crippen LogP contribution in [0.25, 0.3) is 11.3 Å². The number of hydrogen-bond donors (Lipinski definition) is 0. The second kappa shape index (κ2) is 6.77. The predicted octanol–water partition coefficient (Wildman–Crippen LogP) is 3.96. The largest absolute Gasteiger partial charge is 0.497 e. The number of aromatic nitrogens is 2. The van der Waals surface area contributed by atoms with Gasteiger partial charge in [0.15, 0.2) is 0 Å². The van der Waals surface area contributed by atoms with E-state index >= 15 is 0 Å². The lowest BCUT2D eigenvalue weighted by molar-refractivity contribution is 0.0766. The van der Waals surface area contributed by atoms with Crippen LogP contribution < -0.4 is 4.74 Å². The number of fused-ring (bicyclic) bond motifs is 1. The zero-order chi connectivity index (χ0) is 18.1. The lowest BCUT2D eigenvalue weighted by Gasteiger charge is -2.15. The highest BCUT2D eigenvalue weighted by molar-refractivity contribution is 6.28. The van der Waals surface area contributed by atoms with Gasteiger partial charge in [-0.25, -0.2) is 9.97 Å². The minimum absolute atomic E-state index is 0.0258. The van der Waals surface area contributed by atoms with Gasteiger partial charge in [0.1, 0.15) is 5.75 Å². The number of carbonyl (C=O) groups excluding carboxylic acids is 1. The smallest absolute Gasteiger partial charge is 0.254 e. The Kier molecular flexibility index (Phi) is 4.31. The molecule has 1 amide bonds. The van der Waals surface area contributed by atoms with E-state index in [-0.39, 0.29) is 11.2 Å². The van der Waals surface area contributed by atoms with E-state index < -0.39 is 0 Å². The molecule has 0 bridgehead atoms. The Bertz CT molecular complexity index is 973. The molecule has 0 fully saturated rings. The van der Waals surface area contributed by atoms with Gasteiger partial charge in [-0.1, -0.05) is 24.3 Å². The Morgan fingerprint density at radius 1 is 1.15 bits per heavy atom. The Hall–Kier alpha value is -2.92. The van der Waals surface area contributed by atoms with Crippen LogP contribution in [0.2, 0.25) is 5.28 Å². The molecule has 0 atom stereocenters. The lowest BCUT2D eigenvalue weighted by Crippen LogP contribution is -2.23. The van der Waals surface area contributed by atoms with Gasteiger partial charge in [0.2, 0.25) is 5.28 Å². The summed E-state index contributed by atoms with van der Waals surface area (Å²) in [4.78, 5) is 22.8. The number of ether oxygens (including phenoxy) is 1. The first-order valence-corrected chi connectivity index (χ1v) is 8.56. The van der Waals surface area contributed by atoms with Crippen LogP contribution in [0, 0.1) is 0 Å². The molecule has 3 aromatic rings. The first-order valence-electron chi connectivity index (χ1n) is 8.18. The molecule has 6 heteroatoms. The fourth-order valence-electron chi connectivity index (χ4n) is 3.10. The number of halogens is 1. The SMILES string of the molecule is COc1ccc(CN2Cc3ccc(-c4ccnc(Cl)n4)cc3C2=O)cc1. The summed E-state index contributed by atoms with van der Waals surface area (Å²) in [5.41, 5.74) is 4.36. The van der Waals surface area contributed by atoms with Crippen molar-refractivity contribution in [2.75, 3.05) is 7.11 Å². The van der Waals surface area contributed by atoms with Crippen molar-refractivity contribution in [3.63, 3.8) is 0 Å². The predicted molar refractivity (Wildman–Crippen MR) is 99.0 cm³/mol. The summed E-state index contributed by atoms with van der Waals surface area (Å²) in [5, 5.41) is 0.190. The highest BCUT2D eigenvalue weighted by atomic mass is 35.5. The Morgan fingerprint density at radius 3 is 2.69 bits per heavy atom. The molecule has 0 saturated heterocycles. The molecule has 130 valence electrons. The van der Waals surface area contributed by atoms with E-state index in [9.17, 15) is 4.79 Å². The standard InChI is InChI=1S/C20H16ClN3O2/c1-26-16-6-2-13(3-7-16)11-24-12-15-5-4-14(10-17(15)19(24)25)18-8-9-22-20(21)23-18/h2-10H,11-12H2,1H3. The molecular formula is C20H16ClN3O2. The highest BCUT2D eigenvalue weighted by Crippen LogP contribution is 2.29. The van der Waals surface area contributed by atoms with E-state index in [4.69, 9.17) is 16.3 Å². The van der Waals surface area contributed by atoms with E-state index in [0.29, 0.717) is 24.3 Å². The molecule has 2 heterocycles. The average molecular weight is 366 g/mol. The van der Waals surface area contributed by atoms with Crippen LogP contribution in [-0.4, -0.2) is 27.9 Å². The molecule has 4 rings (SSSR count). The number of amides is 1. The minimum atomic E-state index is 0.0258. The van der Waals surface area contributed by atoms with Crippen molar-refractivity contribution in [2.24, 2.45) is 0 Å². The van der Waals surface area contributed by atoms with Crippen LogP contribution in [0.1, 0.15) is 21.5 Å². The molecule has 0 unspecified atom stereocenters. The summed E-state index contributed by atoms with van der Waals surface area (Å²) in [6.07, 6.45) is 1.61. The highest BCUT2D eigenvalue weighted by Gasteiger charge is 2.27. The van der Waals surface area contributed by atoms with Crippen LogP contribution in [0.5, 0.6) is 5.75 Å². The molecule has 1 aliphatic rings. The van der Waals surface area contributed by atoms with Gasteiger partial charge in [-0.05, 0) is 47.0 Å². The fourth-order valence-corrected chi connectivity index (χ4v) is 3.24. The molecule has 0 saturated carbocycles. The minimum Gasteiger partial charge on any atom is -0.497 e. The van der Waals surface area contributed by atoms with Crippen LogP contribution in [-0.2, 0) is 13.1 Å². The van der Waals surface area contributed by atoms with Crippen LogP contribution in [0.3, 0.4) is 0 Å². The van der Waals surface area contributed by atoms with E-state index in [1.165, 1.54) is 0 Å². The molecule has 0 spiro atoms. The van der Waals surface area contributed by atoms with Crippen molar-refractivity contribution in [1.29, 1.82) is 0 Å². The van der Waals surface area contributed by atoms with Gasteiger partial charge in [0.25, 0.3) is 5.91 Å². The molecule has 0 radical (unpaired) electrons. The molecule has 1 aromatic heterocycles. The zero-order valence-corrected chi connectivity index (χ0v) is 14.9. The van der Waals surface area contributed by atoms with E-state index in [1.54, 1.807) is 19.4 Å². The number of carbonyl (C=O) groups is 1. The summed E-state index contributed by atoms with van der Waals surface area (Å²) < 4.78 is 5.17. The maximum absolute atomic E-state index is 12.8. The summed E-state index contributed by atoms with van der Waals surface area (Å²) in [5.74, 6) is 0.829. The molecule has 0 aliphatic carbocycles. The maximum Gasteiger partial charge on any atom is 0.254 e. The number of benzene rings is 2. The summed E-state index contributed by atoms with van der Waals surface area (Å²) >= 11 is 5.87. The van der Waals surface area contributed by atoms with E-state index in [0.717, 1.165) is 22.4 Å². The zero-order valence-electron chi connectivity index (χ0n) is 14.1. The van der Waals surface area contributed by atoms with Crippen molar-refractivity contribution in [1.82, 2.24) is 14.9 Å². The first kappa shape index (κ1) is 16.5. The third-order valence-corrected chi connectivity index (χ3v) is 4.63. The quantitative estimate of drug-likeness (QED) is 0.657. The number of hydrogen-bond acceptors (Lipinski definition) is 4. The average Bonchev–Trinajstić information content (AvgIpc) is 2.97. The van der Waals surface area contributed by atoms with Gasteiger partial charge in [0.05, 0.1) is 12.8 Å². The topological polar surface area (TPSA) is 55.3 Å². The number of nitrogens with zero attached hydrogens (tertiary/aromatic N) is 3. The maximum atomic E-state index is 12.8.